The Morgan fingerprint density at radius 2 is 1.85 bits per heavy atom. The van der Waals surface area contributed by atoms with E-state index >= 15 is 0 Å². The summed E-state index contributed by atoms with van der Waals surface area (Å²) in [7, 11) is 1.48. The molecule has 0 heterocycles. The molecule has 4 heteroatoms. The van der Waals surface area contributed by atoms with Gasteiger partial charge in [-0.05, 0) is 18.6 Å². The second-order valence-corrected chi connectivity index (χ2v) is 2.75. The summed E-state index contributed by atoms with van der Waals surface area (Å²) in [5, 5.41) is 2.52. The predicted molar refractivity (Wildman–Crippen MR) is 45.7 cm³/mol. The van der Waals surface area contributed by atoms with Crippen molar-refractivity contribution in [2.24, 2.45) is 0 Å². The van der Waals surface area contributed by atoms with Crippen molar-refractivity contribution in [3.05, 3.63) is 29.3 Å². The zero-order chi connectivity index (χ0) is 10.1. The molecule has 0 bridgehead atoms. The van der Waals surface area contributed by atoms with E-state index in [2.05, 4.69) is 5.32 Å². The molecule has 1 aromatic carbocycles. The van der Waals surface area contributed by atoms with Gasteiger partial charge in [0.05, 0.1) is 5.56 Å². The fraction of sp³-hybridized carbons (Fsp3) is 0.333. The van der Waals surface area contributed by atoms with Crippen LogP contribution in [-0.4, -0.2) is 7.05 Å². The highest BCUT2D eigenvalue weighted by molar-refractivity contribution is 5.55. The lowest BCUT2D eigenvalue weighted by Crippen LogP contribution is -2.10. The van der Waals surface area contributed by atoms with Gasteiger partial charge in [0.15, 0.2) is 0 Å². The summed E-state index contributed by atoms with van der Waals surface area (Å²) < 4.78 is 37.4. The quantitative estimate of drug-likeness (QED) is 0.715. The standard InChI is InChI=1S/C9H10F3N/c1-6-4-3-5-7(13-2)8(6)9(10,11)12/h3-5,13H,1-2H3. The summed E-state index contributed by atoms with van der Waals surface area (Å²) in [5.74, 6) is 0. The molecule has 0 fully saturated rings. The fourth-order valence-corrected chi connectivity index (χ4v) is 1.25. The smallest absolute Gasteiger partial charge is 0.388 e. The largest absolute Gasteiger partial charge is 0.418 e. The van der Waals surface area contributed by atoms with Crippen LogP contribution in [0.4, 0.5) is 18.9 Å². The van der Waals surface area contributed by atoms with Gasteiger partial charge in [-0.25, -0.2) is 0 Å². The highest BCUT2D eigenvalue weighted by atomic mass is 19.4. The molecule has 1 N–H and O–H groups in total. The van der Waals surface area contributed by atoms with E-state index in [4.69, 9.17) is 0 Å². The maximum absolute atomic E-state index is 12.5. The van der Waals surface area contributed by atoms with Crippen LogP contribution in [0.2, 0.25) is 0 Å². The Kier molecular flexibility index (Phi) is 2.50. The molecule has 1 nitrogen and oxygen atoms in total. The Labute approximate surface area is 74.6 Å². The number of halogens is 3. The van der Waals surface area contributed by atoms with Gasteiger partial charge in [0.1, 0.15) is 0 Å². The summed E-state index contributed by atoms with van der Waals surface area (Å²) in [6.45, 7) is 1.45. The van der Waals surface area contributed by atoms with E-state index in [1.54, 1.807) is 6.07 Å². The van der Waals surface area contributed by atoms with E-state index in [-0.39, 0.29) is 11.3 Å². The number of hydrogen-bond donors (Lipinski definition) is 1. The maximum atomic E-state index is 12.5. The molecule has 1 aromatic rings. The van der Waals surface area contributed by atoms with Gasteiger partial charge in [-0.3, -0.25) is 0 Å². The lowest BCUT2D eigenvalue weighted by atomic mass is 10.1. The van der Waals surface area contributed by atoms with E-state index in [9.17, 15) is 13.2 Å². The van der Waals surface area contributed by atoms with E-state index in [1.807, 2.05) is 0 Å². The Morgan fingerprint density at radius 3 is 2.23 bits per heavy atom. The molecule has 0 amide bonds. The van der Waals surface area contributed by atoms with Crippen molar-refractivity contribution < 1.29 is 13.2 Å². The van der Waals surface area contributed by atoms with Crippen LogP contribution < -0.4 is 5.32 Å². The topological polar surface area (TPSA) is 12.0 Å². The van der Waals surface area contributed by atoms with Gasteiger partial charge < -0.3 is 5.32 Å². The summed E-state index contributed by atoms with van der Waals surface area (Å²) >= 11 is 0. The van der Waals surface area contributed by atoms with Crippen molar-refractivity contribution in [1.29, 1.82) is 0 Å². The van der Waals surface area contributed by atoms with E-state index in [1.165, 1.54) is 26.1 Å². The van der Waals surface area contributed by atoms with Gasteiger partial charge in [-0.15, -0.1) is 0 Å². The monoisotopic (exact) mass is 189 g/mol. The van der Waals surface area contributed by atoms with Crippen molar-refractivity contribution in [3.8, 4) is 0 Å². The lowest BCUT2D eigenvalue weighted by molar-refractivity contribution is -0.137. The first-order chi connectivity index (χ1) is 5.96. The van der Waals surface area contributed by atoms with Gasteiger partial charge in [-0.1, -0.05) is 12.1 Å². The van der Waals surface area contributed by atoms with Gasteiger partial charge in [0.25, 0.3) is 0 Å². The third-order valence-electron chi connectivity index (χ3n) is 1.83. The molecule has 0 aliphatic rings. The summed E-state index contributed by atoms with van der Waals surface area (Å²) in [5.41, 5.74) is -0.232. The second-order valence-electron chi connectivity index (χ2n) is 2.75. The van der Waals surface area contributed by atoms with Gasteiger partial charge in [-0.2, -0.15) is 13.2 Å². The maximum Gasteiger partial charge on any atom is 0.418 e. The molecule has 13 heavy (non-hydrogen) atoms. The van der Waals surface area contributed by atoms with Crippen LogP contribution >= 0.6 is 0 Å². The minimum absolute atomic E-state index is 0.118. The molecule has 72 valence electrons. The molecule has 1 rings (SSSR count). The molecule has 0 saturated carbocycles. The second kappa shape index (κ2) is 3.28. The minimum atomic E-state index is -4.29. The number of nitrogens with one attached hydrogen (secondary N) is 1. The fourth-order valence-electron chi connectivity index (χ4n) is 1.25. The average molecular weight is 189 g/mol. The van der Waals surface area contributed by atoms with E-state index in [0.717, 1.165) is 0 Å². The molecule has 0 unspecified atom stereocenters. The minimum Gasteiger partial charge on any atom is -0.388 e. The van der Waals surface area contributed by atoms with Crippen LogP contribution in [0.15, 0.2) is 18.2 Å². The molecule has 0 atom stereocenters. The summed E-state index contributed by atoms with van der Waals surface area (Å²) in [6, 6.07) is 4.45. The molecular weight excluding hydrogens is 179 g/mol. The SMILES string of the molecule is CNc1cccc(C)c1C(F)(F)F. The highest BCUT2D eigenvalue weighted by Crippen LogP contribution is 2.36. The third-order valence-corrected chi connectivity index (χ3v) is 1.83. The predicted octanol–water partition coefficient (Wildman–Crippen LogP) is 3.06. The first-order valence-electron chi connectivity index (χ1n) is 3.81. The van der Waals surface area contributed by atoms with E-state index < -0.39 is 11.7 Å². The Bertz CT molecular complexity index is 304. The van der Waals surface area contributed by atoms with Crippen LogP contribution in [0.5, 0.6) is 0 Å². The number of anilines is 1. The number of alkyl halides is 3. The first-order valence-corrected chi connectivity index (χ1v) is 3.81. The Morgan fingerprint density at radius 1 is 1.23 bits per heavy atom. The van der Waals surface area contributed by atoms with Gasteiger partial charge >= 0.3 is 6.18 Å². The molecule has 0 spiro atoms. The number of aryl methyl sites for hydroxylation is 1. The van der Waals surface area contributed by atoms with Crippen LogP contribution in [-0.2, 0) is 6.18 Å². The third kappa shape index (κ3) is 1.94. The molecular formula is C9H10F3N. The molecule has 0 aliphatic heterocycles. The van der Waals surface area contributed by atoms with Crippen molar-refractivity contribution in [2.75, 3.05) is 12.4 Å². The number of rotatable bonds is 1. The number of hydrogen-bond acceptors (Lipinski definition) is 1. The van der Waals surface area contributed by atoms with Crippen molar-refractivity contribution in [1.82, 2.24) is 0 Å². The van der Waals surface area contributed by atoms with Crippen molar-refractivity contribution >= 4 is 5.69 Å². The van der Waals surface area contributed by atoms with Crippen molar-refractivity contribution in [3.63, 3.8) is 0 Å². The Balaban J connectivity index is 3.32. The molecule has 0 radical (unpaired) electrons. The van der Waals surface area contributed by atoms with Crippen LogP contribution in [0.1, 0.15) is 11.1 Å². The zero-order valence-corrected chi connectivity index (χ0v) is 7.37. The zero-order valence-electron chi connectivity index (χ0n) is 7.37. The van der Waals surface area contributed by atoms with Crippen LogP contribution in [0.3, 0.4) is 0 Å². The normalized spacial score (nSPS) is 11.5. The highest BCUT2D eigenvalue weighted by Gasteiger charge is 2.34. The summed E-state index contributed by atoms with van der Waals surface area (Å²) in [6.07, 6.45) is -4.29. The van der Waals surface area contributed by atoms with Crippen molar-refractivity contribution in [2.45, 2.75) is 13.1 Å². The van der Waals surface area contributed by atoms with E-state index in [0.29, 0.717) is 0 Å². The van der Waals surface area contributed by atoms with Crippen LogP contribution in [0, 0.1) is 6.92 Å². The molecule has 0 saturated heterocycles. The van der Waals surface area contributed by atoms with Gasteiger partial charge in [0, 0.05) is 12.7 Å². The Hall–Kier alpha value is -1.19. The average Bonchev–Trinajstić information content (AvgIpc) is 2.01. The van der Waals surface area contributed by atoms with Gasteiger partial charge in [0.2, 0.25) is 0 Å². The molecule has 0 aliphatic carbocycles. The summed E-state index contributed by atoms with van der Waals surface area (Å²) in [4.78, 5) is 0. The number of benzene rings is 1. The van der Waals surface area contributed by atoms with Crippen LogP contribution in [0.25, 0.3) is 0 Å². The molecule has 0 aromatic heterocycles. The lowest BCUT2D eigenvalue weighted by Gasteiger charge is -2.14. The first kappa shape index (κ1) is 9.89.